The summed E-state index contributed by atoms with van der Waals surface area (Å²) >= 11 is 4.89. The maximum Gasteiger partial charge on any atom is 0.251 e. The molecule has 7 heteroatoms. The van der Waals surface area contributed by atoms with Gasteiger partial charge in [0.15, 0.2) is 4.77 Å². The Hall–Kier alpha value is -2.54. The van der Waals surface area contributed by atoms with Crippen molar-refractivity contribution in [3.05, 3.63) is 62.8 Å². The molecule has 25 heavy (non-hydrogen) atoms. The maximum atomic E-state index is 12.0. The molecular weight excluding hydrogens is 336 g/mol. The summed E-state index contributed by atoms with van der Waals surface area (Å²) in [5, 5.41) is 4.24. The van der Waals surface area contributed by atoms with Crippen LogP contribution in [0.25, 0.3) is 0 Å². The van der Waals surface area contributed by atoms with Gasteiger partial charge >= 0.3 is 0 Å². The number of amides is 1. The van der Waals surface area contributed by atoms with Crippen LogP contribution in [-0.2, 0) is 11.2 Å². The first-order valence-electron chi connectivity index (χ1n) is 8.32. The first kappa shape index (κ1) is 17.3. The fourth-order valence-corrected chi connectivity index (χ4v) is 3.32. The minimum Gasteiger partial charge on any atom is -0.335 e. The molecule has 6 nitrogen and oxygen atoms in total. The van der Waals surface area contributed by atoms with Crippen molar-refractivity contribution in [1.29, 1.82) is 0 Å². The van der Waals surface area contributed by atoms with Gasteiger partial charge in [-0.15, -0.1) is 0 Å². The van der Waals surface area contributed by atoms with Gasteiger partial charge in [-0.2, -0.15) is 5.10 Å². The maximum absolute atomic E-state index is 12.0. The van der Waals surface area contributed by atoms with E-state index >= 15 is 0 Å². The molecule has 0 bridgehead atoms. The molecule has 1 saturated carbocycles. The monoisotopic (exact) mass is 356 g/mol. The largest absolute Gasteiger partial charge is 0.335 e. The number of aromatic amines is 2. The summed E-state index contributed by atoms with van der Waals surface area (Å²) in [6.45, 7) is 0. The van der Waals surface area contributed by atoms with Gasteiger partial charge in [0, 0.05) is 17.5 Å². The zero-order chi connectivity index (χ0) is 17.6. The number of aromatic nitrogens is 2. The summed E-state index contributed by atoms with van der Waals surface area (Å²) in [6, 6.07) is 11.8. The van der Waals surface area contributed by atoms with Crippen molar-refractivity contribution < 1.29 is 4.79 Å². The molecular formula is C18H20N4O2S. The number of carbonyl (C=O) groups excluding carboxylic acids is 1. The molecule has 0 atom stereocenters. The van der Waals surface area contributed by atoms with Crippen LogP contribution in [0.3, 0.4) is 0 Å². The number of hydrazone groups is 1. The second kappa shape index (κ2) is 8.02. The van der Waals surface area contributed by atoms with E-state index in [1.165, 1.54) is 11.6 Å². The van der Waals surface area contributed by atoms with Crippen LogP contribution in [0, 0.1) is 4.77 Å². The summed E-state index contributed by atoms with van der Waals surface area (Å²) in [5.74, 6) is 0.293. The van der Waals surface area contributed by atoms with Gasteiger partial charge in [-0.3, -0.25) is 14.6 Å². The molecule has 130 valence electrons. The van der Waals surface area contributed by atoms with Gasteiger partial charge in [0.1, 0.15) is 0 Å². The Morgan fingerprint density at radius 1 is 1.20 bits per heavy atom. The summed E-state index contributed by atoms with van der Waals surface area (Å²) in [7, 11) is 0. The van der Waals surface area contributed by atoms with Crippen molar-refractivity contribution >= 4 is 23.8 Å². The minimum atomic E-state index is -0.322. The van der Waals surface area contributed by atoms with E-state index in [9.17, 15) is 9.59 Å². The Labute approximate surface area is 150 Å². The second-order valence-corrected chi connectivity index (χ2v) is 6.60. The van der Waals surface area contributed by atoms with Crippen LogP contribution in [0.4, 0.5) is 0 Å². The first-order valence-corrected chi connectivity index (χ1v) is 8.73. The highest BCUT2D eigenvalue weighted by Crippen LogP contribution is 2.31. The Bertz CT molecular complexity index is 847. The molecule has 0 radical (unpaired) electrons. The van der Waals surface area contributed by atoms with Crippen LogP contribution in [0.5, 0.6) is 0 Å². The number of rotatable bonds is 4. The predicted octanol–water partition coefficient (Wildman–Crippen LogP) is 2.80. The summed E-state index contributed by atoms with van der Waals surface area (Å²) in [5.41, 5.74) is 5.11. The molecule has 1 amide bonds. The molecule has 1 heterocycles. The van der Waals surface area contributed by atoms with Crippen LogP contribution in [0.15, 0.2) is 46.3 Å². The lowest BCUT2D eigenvalue weighted by atomic mass is 9.83. The molecule has 1 aromatic heterocycles. The van der Waals surface area contributed by atoms with E-state index in [4.69, 9.17) is 12.2 Å². The van der Waals surface area contributed by atoms with Crippen molar-refractivity contribution in [1.82, 2.24) is 15.4 Å². The predicted molar refractivity (Wildman–Crippen MR) is 99.2 cm³/mol. The first-order chi connectivity index (χ1) is 12.1. The number of H-pyrrole nitrogens is 2. The summed E-state index contributed by atoms with van der Waals surface area (Å²) < 4.78 is 0.209. The van der Waals surface area contributed by atoms with Crippen LogP contribution < -0.4 is 11.0 Å². The molecule has 1 aliphatic rings. The lowest BCUT2D eigenvalue weighted by Gasteiger charge is -2.23. The normalized spacial score (nSPS) is 17.1. The fourth-order valence-electron chi connectivity index (χ4n) is 3.09. The number of nitrogens with one attached hydrogen (secondary N) is 3. The number of hydrogen-bond acceptors (Lipinski definition) is 4. The summed E-state index contributed by atoms with van der Waals surface area (Å²) in [6.07, 6.45) is 3.89. The highest BCUT2D eigenvalue weighted by molar-refractivity contribution is 7.71. The highest BCUT2D eigenvalue weighted by atomic mass is 32.1. The van der Waals surface area contributed by atoms with Crippen LogP contribution in [-0.4, -0.2) is 21.6 Å². The molecule has 1 fully saturated rings. The Kier molecular flexibility index (Phi) is 5.55. The van der Waals surface area contributed by atoms with Crippen molar-refractivity contribution in [2.24, 2.45) is 5.10 Å². The molecule has 2 aromatic rings. The van der Waals surface area contributed by atoms with Gasteiger partial charge in [-0.1, -0.05) is 30.3 Å². The average molecular weight is 356 g/mol. The average Bonchev–Trinajstić information content (AvgIpc) is 2.60. The highest BCUT2D eigenvalue weighted by Gasteiger charge is 2.19. The van der Waals surface area contributed by atoms with Gasteiger partial charge in [0.2, 0.25) is 5.91 Å². The van der Waals surface area contributed by atoms with E-state index in [1.807, 2.05) is 6.07 Å². The molecule has 1 aromatic carbocycles. The molecule has 3 N–H and O–H groups in total. The standard InChI is InChI=1S/C18H20N4O2S/c23-16-10-15(19-18(25)20-16)11-17(24)22-21-14-8-6-13(7-9-14)12-4-2-1-3-5-12/h1-5,10,13H,6-9,11H2,(H,22,24)(H2,19,20,23,25). The molecule has 0 saturated heterocycles. The van der Waals surface area contributed by atoms with Gasteiger partial charge in [-0.25, -0.2) is 5.43 Å². The fraction of sp³-hybridized carbons (Fsp3) is 0.333. The second-order valence-electron chi connectivity index (χ2n) is 6.19. The Morgan fingerprint density at radius 2 is 1.92 bits per heavy atom. The van der Waals surface area contributed by atoms with Gasteiger partial charge in [-0.05, 0) is 49.4 Å². The lowest BCUT2D eigenvalue weighted by Crippen LogP contribution is -2.24. The topological polar surface area (TPSA) is 90.1 Å². The SMILES string of the molecule is O=C(Cc1cc(=O)[nH]c(=S)[nH]1)NN=C1CCC(c2ccccc2)CC1. The number of nitrogens with zero attached hydrogens (tertiary/aromatic N) is 1. The zero-order valence-corrected chi connectivity index (χ0v) is 14.6. The van der Waals surface area contributed by atoms with Gasteiger partial charge < -0.3 is 4.98 Å². The zero-order valence-electron chi connectivity index (χ0n) is 13.7. The lowest BCUT2D eigenvalue weighted by molar-refractivity contribution is -0.120. The van der Waals surface area contributed by atoms with E-state index in [2.05, 4.69) is 44.8 Å². The van der Waals surface area contributed by atoms with Crippen LogP contribution in [0.2, 0.25) is 0 Å². The van der Waals surface area contributed by atoms with Crippen molar-refractivity contribution in [3.63, 3.8) is 0 Å². The Balaban J connectivity index is 1.52. The molecule has 0 aliphatic heterocycles. The number of benzene rings is 1. The van der Waals surface area contributed by atoms with Crippen molar-refractivity contribution in [2.45, 2.75) is 38.0 Å². The molecule has 0 unspecified atom stereocenters. The quantitative estimate of drug-likeness (QED) is 0.581. The van der Waals surface area contributed by atoms with Gasteiger partial charge in [0.25, 0.3) is 5.56 Å². The van der Waals surface area contributed by atoms with E-state index in [1.54, 1.807) is 0 Å². The third-order valence-electron chi connectivity index (χ3n) is 4.34. The summed E-state index contributed by atoms with van der Waals surface area (Å²) in [4.78, 5) is 28.5. The Morgan fingerprint density at radius 3 is 2.60 bits per heavy atom. The third-order valence-corrected chi connectivity index (χ3v) is 4.54. The minimum absolute atomic E-state index is 0.0387. The van der Waals surface area contributed by atoms with E-state index in [0.29, 0.717) is 11.6 Å². The van der Waals surface area contributed by atoms with E-state index < -0.39 is 0 Å². The van der Waals surface area contributed by atoms with Crippen LogP contribution >= 0.6 is 12.2 Å². The number of hydrogen-bond donors (Lipinski definition) is 3. The molecule has 3 rings (SSSR count). The van der Waals surface area contributed by atoms with Crippen LogP contribution in [0.1, 0.15) is 42.9 Å². The van der Waals surface area contributed by atoms with E-state index in [-0.39, 0.29) is 22.7 Å². The number of carbonyl (C=O) groups is 1. The molecule has 0 spiro atoms. The molecule has 1 aliphatic carbocycles. The van der Waals surface area contributed by atoms with E-state index in [0.717, 1.165) is 31.4 Å². The van der Waals surface area contributed by atoms with Crippen molar-refractivity contribution in [3.8, 4) is 0 Å². The van der Waals surface area contributed by atoms with Gasteiger partial charge in [0.05, 0.1) is 6.42 Å². The smallest absolute Gasteiger partial charge is 0.251 e. The third kappa shape index (κ3) is 4.96. The van der Waals surface area contributed by atoms with Crippen molar-refractivity contribution in [2.75, 3.05) is 0 Å².